The average Bonchev–Trinajstić information content (AvgIpc) is 2.62. The number of hydrogen-bond acceptors (Lipinski definition) is 3. The van der Waals surface area contributed by atoms with Crippen LogP contribution in [0.1, 0.15) is 0 Å². The normalized spacial score (nSPS) is 10.3. The van der Waals surface area contributed by atoms with E-state index >= 15 is 0 Å². The molecule has 1 aromatic heterocycles. The molecular formula is C19H16N2OS. The Morgan fingerprint density at radius 1 is 0.870 bits per heavy atom. The molecular weight excluding hydrogens is 304 g/mol. The van der Waals surface area contributed by atoms with E-state index in [1.54, 1.807) is 6.20 Å². The quantitative estimate of drug-likeness (QED) is 0.705. The van der Waals surface area contributed by atoms with E-state index in [9.17, 15) is 4.79 Å². The third kappa shape index (κ3) is 4.44. The van der Waals surface area contributed by atoms with Gasteiger partial charge in [-0.15, -0.1) is 0 Å². The SMILES string of the molecule is O=C(CSc1ccccn1)Nc1ccc(-c2ccccc2)cc1. The number of thioether (sulfide) groups is 1. The van der Waals surface area contributed by atoms with Gasteiger partial charge in [0, 0.05) is 11.9 Å². The summed E-state index contributed by atoms with van der Waals surface area (Å²) in [4.78, 5) is 16.2. The molecule has 0 saturated heterocycles. The molecule has 1 heterocycles. The zero-order chi connectivity index (χ0) is 15.9. The highest BCUT2D eigenvalue weighted by Gasteiger charge is 2.04. The van der Waals surface area contributed by atoms with Crippen molar-refractivity contribution in [2.24, 2.45) is 0 Å². The van der Waals surface area contributed by atoms with Gasteiger partial charge in [0.25, 0.3) is 0 Å². The fraction of sp³-hybridized carbons (Fsp3) is 0.0526. The fourth-order valence-electron chi connectivity index (χ4n) is 2.15. The molecule has 0 bridgehead atoms. The molecule has 0 atom stereocenters. The van der Waals surface area contributed by atoms with E-state index in [1.165, 1.54) is 11.8 Å². The summed E-state index contributed by atoms with van der Waals surface area (Å²) in [6, 6.07) is 23.7. The Kier molecular flexibility index (Phi) is 5.06. The first kappa shape index (κ1) is 15.3. The highest BCUT2D eigenvalue weighted by atomic mass is 32.2. The van der Waals surface area contributed by atoms with Crippen molar-refractivity contribution in [3.63, 3.8) is 0 Å². The molecule has 0 fully saturated rings. The topological polar surface area (TPSA) is 42.0 Å². The summed E-state index contributed by atoms with van der Waals surface area (Å²) in [5.74, 6) is 0.311. The van der Waals surface area contributed by atoms with Crippen LogP contribution in [0.5, 0.6) is 0 Å². The van der Waals surface area contributed by atoms with Gasteiger partial charge in [-0.25, -0.2) is 4.98 Å². The lowest BCUT2D eigenvalue weighted by atomic mass is 10.1. The number of carbonyl (C=O) groups is 1. The first-order valence-electron chi connectivity index (χ1n) is 7.30. The van der Waals surface area contributed by atoms with Crippen LogP contribution in [0.4, 0.5) is 5.69 Å². The third-order valence-electron chi connectivity index (χ3n) is 3.26. The van der Waals surface area contributed by atoms with Crippen molar-refractivity contribution in [3.8, 4) is 11.1 Å². The summed E-state index contributed by atoms with van der Waals surface area (Å²) in [6.45, 7) is 0. The largest absolute Gasteiger partial charge is 0.325 e. The van der Waals surface area contributed by atoms with Crippen molar-refractivity contribution < 1.29 is 4.79 Å². The molecule has 0 aliphatic carbocycles. The maximum absolute atomic E-state index is 12.0. The standard InChI is InChI=1S/C19H16N2OS/c22-18(14-23-19-8-4-5-13-20-19)21-17-11-9-16(10-12-17)15-6-2-1-3-7-15/h1-13H,14H2,(H,21,22). The minimum atomic E-state index is -0.0342. The fourth-order valence-corrected chi connectivity index (χ4v) is 2.81. The summed E-state index contributed by atoms with van der Waals surface area (Å²) < 4.78 is 0. The van der Waals surface area contributed by atoms with Gasteiger partial charge in [0.2, 0.25) is 5.91 Å². The van der Waals surface area contributed by atoms with Gasteiger partial charge >= 0.3 is 0 Å². The predicted octanol–water partition coefficient (Wildman–Crippen LogP) is 4.48. The lowest BCUT2D eigenvalue weighted by Crippen LogP contribution is -2.13. The van der Waals surface area contributed by atoms with Gasteiger partial charge < -0.3 is 5.32 Å². The van der Waals surface area contributed by atoms with Crippen molar-refractivity contribution in [1.82, 2.24) is 4.98 Å². The van der Waals surface area contributed by atoms with Crippen molar-refractivity contribution in [1.29, 1.82) is 0 Å². The van der Waals surface area contributed by atoms with Gasteiger partial charge in [-0.1, -0.05) is 60.3 Å². The van der Waals surface area contributed by atoms with Crippen LogP contribution in [-0.2, 0) is 4.79 Å². The molecule has 0 spiro atoms. The van der Waals surface area contributed by atoms with Crippen molar-refractivity contribution in [2.45, 2.75) is 5.03 Å². The first-order valence-corrected chi connectivity index (χ1v) is 8.29. The average molecular weight is 320 g/mol. The Morgan fingerprint density at radius 3 is 2.26 bits per heavy atom. The molecule has 0 aliphatic rings. The smallest absolute Gasteiger partial charge is 0.234 e. The minimum absolute atomic E-state index is 0.0342. The molecule has 0 aliphatic heterocycles. The van der Waals surface area contributed by atoms with Crippen LogP contribution < -0.4 is 5.32 Å². The number of anilines is 1. The summed E-state index contributed by atoms with van der Waals surface area (Å²) in [6.07, 6.45) is 1.72. The van der Waals surface area contributed by atoms with Crippen LogP contribution in [0.25, 0.3) is 11.1 Å². The van der Waals surface area contributed by atoms with Crippen LogP contribution in [-0.4, -0.2) is 16.6 Å². The second-order valence-corrected chi connectivity index (χ2v) is 5.94. The molecule has 2 aromatic carbocycles. The number of benzene rings is 2. The molecule has 1 N–H and O–H groups in total. The maximum atomic E-state index is 12.0. The van der Waals surface area contributed by atoms with Crippen LogP contribution in [0.2, 0.25) is 0 Å². The molecule has 3 nitrogen and oxygen atoms in total. The number of nitrogens with zero attached hydrogens (tertiary/aromatic N) is 1. The Balaban J connectivity index is 1.57. The third-order valence-corrected chi connectivity index (χ3v) is 4.21. The van der Waals surface area contributed by atoms with E-state index in [0.717, 1.165) is 21.8 Å². The van der Waals surface area contributed by atoms with Gasteiger partial charge in [0.05, 0.1) is 10.8 Å². The maximum Gasteiger partial charge on any atom is 0.234 e. The summed E-state index contributed by atoms with van der Waals surface area (Å²) in [7, 11) is 0. The van der Waals surface area contributed by atoms with Crippen molar-refractivity contribution >= 4 is 23.4 Å². The van der Waals surface area contributed by atoms with Gasteiger partial charge in [-0.2, -0.15) is 0 Å². The Morgan fingerprint density at radius 2 is 1.57 bits per heavy atom. The lowest BCUT2D eigenvalue weighted by Gasteiger charge is -2.06. The number of hydrogen-bond donors (Lipinski definition) is 1. The number of nitrogens with one attached hydrogen (secondary N) is 1. The molecule has 0 unspecified atom stereocenters. The zero-order valence-electron chi connectivity index (χ0n) is 12.5. The second-order valence-electron chi connectivity index (χ2n) is 4.95. The molecule has 3 rings (SSSR count). The number of aromatic nitrogens is 1. The Labute approximate surface area is 139 Å². The van der Waals surface area contributed by atoms with Crippen LogP contribution in [0.3, 0.4) is 0 Å². The van der Waals surface area contributed by atoms with E-state index in [-0.39, 0.29) is 5.91 Å². The monoisotopic (exact) mass is 320 g/mol. The Bertz CT molecular complexity index is 758. The van der Waals surface area contributed by atoms with Crippen LogP contribution in [0, 0.1) is 0 Å². The van der Waals surface area contributed by atoms with E-state index in [2.05, 4.69) is 22.4 Å². The van der Waals surface area contributed by atoms with Crippen molar-refractivity contribution in [2.75, 3.05) is 11.1 Å². The minimum Gasteiger partial charge on any atom is -0.325 e. The Hall–Kier alpha value is -2.59. The van der Waals surface area contributed by atoms with Gasteiger partial charge in [0.1, 0.15) is 0 Å². The zero-order valence-corrected chi connectivity index (χ0v) is 13.3. The molecule has 4 heteroatoms. The summed E-state index contributed by atoms with van der Waals surface area (Å²) in [5.41, 5.74) is 3.10. The molecule has 114 valence electrons. The van der Waals surface area contributed by atoms with E-state index in [4.69, 9.17) is 0 Å². The first-order chi connectivity index (χ1) is 11.3. The van der Waals surface area contributed by atoms with Crippen LogP contribution in [0.15, 0.2) is 84.0 Å². The highest BCUT2D eigenvalue weighted by molar-refractivity contribution is 7.99. The molecule has 1 amide bonds. The van der Waals surface area contributed by atoms with Gasteiger partial charge in [0.15, 0.2) is 0 Å². The summed E-state index contributed by atoms with van der Waals surface area (Å²) >= 11 is 1.42. The number of pyridine rings is 1. The lowest BCUT2D eigenvalue weighted by molar-refractivity contribution is -0.113. The number of amides is 1. The molecule has 3 aromatic rings. The number of carbonyl (C=O) groups excluding carboxylic acids is 1. The number of rotatable bonds is 5. The van der Waals surface area contributed by atoms with Crippen LogP contribution >= 0.6 is 11.8 Å². The van der Waals surface area contributed by atoms with E-state index in [1.807, 2.05) is 60.7 Å². The molecule has 23 heavy (non-hydrogen) atoms. The van der Waals surface area contributed by atoms with Gasteiger partial charge in [-0.05, 0) is 35.4 Å². The summed E-state index contributed by atoms with van der Waals surface area (Å²) in [5, 5.41) is 3.75. The molecule has 0 radical (unpaired) electrons. The van der Waals surface area contributed by atoms with Crippen molar-refractivity contribution in [3.05, 3.63) is 79.0 Å². The predicted molar refractivity (Wildman–Crippen MR) is 95.5 cm³/mol. The second kappa shape index (κ2) is 7.61. The molecule has 0 saturated carbocycles. The van der Waals surface area contributed by atoms with Gasteiger partial charge in [-0.3, -0.25) is 4.79 Å². The van der Waals surface area contributed by atoms with E-state index < -0.39 is 0 Å². The van der Waals surface area contributed by atoms with E-state index in [0.29, 0.717) is 5.75 Å². The highest BCUT2D eigenvalue weighted by Crippen LogP contribution is 2.21.